The van der Waals surface area contributed by atoms with Crippen LogP contribution in [0.5, 0.6) is 0 Å². The van der Waals surface area contributed by atoms with Gasteiger partial charge in [0.05, 0.1) is 6.54 Å². The minimum atomic E-state index is -0.266. The van der Waals surface area contributed by atoms with Crippen molar-refractivity contribution in [3.8, 4) is 11.5 Å². The second-order valence-electron chi connectivity index (χ2n) is 6.70. The van der Waals surface area contributed by atoms with E-state index < -0.39 is 0 Å². The summed E-state index contributed by atoms with van der Waals surface area (Å²) < 4.78 is 8.61. The van der Waals surface area contributed by atoms with Gasteiger partial charge in [-0.1, -0.05) is 48.2 Å². The van der Waals surface area contributed by atoms with Gasteiger partial charge in [-0.25, -0.2) is 23.8 Å². The third-order valence-corrected chi connectivity index (χ3v) is 5.57. The van der Waals surface area contributed by atoms with E-state index in [0.29, 0.717) is 23.0 Å². The third-order valence-electron chi connectivity index (χ3n) is 4.63. The number of hydrogen-bond donors (Lipinski definition) is 0. The molecule has 30 heavy (non-hydrogen) atoms. The molecule has 0 saturated carbocycles. The topological polar surface area (TPSA) is 78.2 Å². The van der Waals surface area contributed by atoms with Crippen molar-refractivity contribution in [3.63, 3.8) is 0 Å². The summed E-state index contributed by atoms with van der Waals surface area (Å²) in [6.45, 7) is 2.07. The van der Waals surface area contributed by atoms with E-state index in [1.807, 2.05) is 67.6 Å². The number of fused-ring (bicyclic) bond motifs is 1. The van der Waals surface area contributed by atoms with E-state index in [4.69, 9.17) is 4.42 Å². The monoisotopic (exact) mass is 415 g/mol. The van der Waals surface area contributed by atoms with Crippen molar-refractivity contribution >= 4 is 17.4 Å². The molecule has 7 nitrogen and oxygen atoms in total. The molecule has 0 N–H and O–H groups in total. The Hall–Kier alpha value is -3.65. The van der Waals surface area contributed by atoms with Crippen LogP contribution in [0, 0.1) is 6.92 Å². The molecule has 0 unspecified atom stereocenters. The number of oxazole rings is 1. The summed E-state index contributed by atoms with van der Waals surface area (Å²) in [6.07, 6.45) is 1.51. The van der Waals surface area contributed by atoms with Crippen LogP contribution in [0.1, 0.15) is 11.5 Å². The normalized spacial score (nSPS) is 11.2. The Morgan fingerprint density at radius 1 is 1.03 bits per heavy atom. The summed E-state index contributed by atoms with van der Waals surface area (Å²) in [5.41, 5.74) is 1.84. The quantitative estimate of drug-likeness (QED) is 0.403. The highest BCUT2D eigenvalue weighted by Crippen LogP contribution is 2.26. The van der Waals surface area contributed by atoms with E-state index in [2.05, 4.69) is 15.1 Å². The van der Waals surface area contributed by atoms with Crippen LogP contribution in [-0.2, 0) is 6.54 Å². The van der Waals surface area contributed by atoms with Crippen LogP contribution >= 0.6 is 11.8 Å². The summed E-state index contributed by atoms with van der Waals surface area (Å²) in [6, 6.07) is 21.4. The third kappa shape index (κ3) is 3.53. The lowest BCUT2D eigenvalue weighted by molar-refractivity contribution is 0.535. The van der Waals surface area contributed by atoms with Gasteiger partial charge in [-0.2, -0.15) is 0 Å². The molecule has 0 aliphatic carbocycles. The van der Waals surface area contributed by atoms with Gasteiger partial charge in [0.15, 0.2) is 5.65 Å². The summed E-state index contributed by atoms with van der Waals surface area (Å²) in [7, 11) is 0. The van der Waals surface area contributed by atoms with Gasteiger partial charge >= 0.3 is 5.69 Å². The number of aryl methyl sites for hydroxylation is 1. The predicted octanol–water partition coefficient (Wildman–Crippen LogP) is 4.05. The molecule has 5 aromatic rings. The second kappa shape index (κ2) is 7.64. The maximum Gasteiger partial charge on any atom is 0.351 e. The minimum absolute atomic E-state index is 0.226. The highest BCUT2D eigenvalue weighted by Gasteiger charge is 2.15. The Morgan fingerprint density at radius 2 is 1.77 bits per heavy atom. The molecule has 8 heteroatoms. The Kier molecular flexibility index (Phi) is 4.68. The molecule has 148 valence electrons. The summed E-state index contributed by atoms with van der Waals surface area (Å²) in [5.74, 6) is 1.19. The predicted molar refractivity (Wildman–Crippen MR) is 114 cm³/mol. The van der Waals surface area contributed by atoms with E-state index in [0.717, 1.165) is 15.5 Å². The van der Waals surface area contributed by atoms with Gasteiger partial charge < -0.3 is 4.42 Å². The molecule has 0 atom stereocenters. The van der Waals surface area contributed by atoms with E-state index in [1.54, 1.807) is 6.07 Å². The maximum atomic E-state index is 12.7. The fourth-order valence-corrected chi connectivity index (χ4v) is 3.89. The van der Waals surface area contributed by atoms with Crippen LogP contribution in [0.15, 0.2) is 92.2 Å². The lowest BCUT2D eigenvalue weighted by Crippen LogP contribution is -2.22. The lowest BCUT2D eigenvalue weighted by atomic mass is 10.2. The van der Waals surface area contributed by atoms with Gasteiger partial charge in [0.25, 0.3) is 0 Å². The van der Waals surface area contributed by atoms with E-state index in [-0.39, 0.29) is 12.2 Å². The molecule has 0 aliphatic heterocycles. The van der Waals surface area contributed by atoms with E-state index in [1.165, 1.54) is 27.2 Å². The molecule has 0 radical (unpaired) electrons. The van der Waals surface area contributed by atoms with Crippen molar-refractivity contribution in [1.82, 2.24) is 24.1 Å². The second-order valence-corrected chi connectivity index (χ2v) is 7.79. The Balaban J connectivity index is 1.44. The molecular formula is C22H17N5O2S. The molecule has 0 fully saturated rings. The average molecular weight is 415 g/mol. The zero-order chi connectivity index (χ0) is 20.5. The van der Waals surface area contributed by atoms with Crippen LogP contribution < -0.4 is 5.69 Å². The molecular weight excluding hydrogens is 398 g/mol. The van der Waals surface area contributed by atoms with Crippen molar-refractivity contribution < 1.29 is 4.42 Å². The van der Waals surface area contributed by atoms with Gasteiger partial charge in [0.1, 0.15) is 22.8 Å². The van der Waals surface area contributed by atoms with E-state index >= 15 is 0 Å². The van der Waals surface area contributed by atoms with Crippen molar-refractivity contribution in [3.05, 3.63) is 95.0 Å². The summed E-state index contributed by atoms with van der Waals surface area (Å²) >= 11 is 1.52. The standard InChI is InChI=1S/C22H17N5O2S/c1-15-18(24-21(29-15)16-8-4-2-5-9-16)13-27-22(28)26-14-23-20(12-19(26)25-27)30-17-10-6-3-7-11-17/h2-12,14H,13H2,1H3. The van der Waals surface area contributed by atoms with E-state index in [9.17, 15) is 4.79 Å². The van der Waals surface area contributed by atoms with Crippen LogP contribution in [0.25, 0.3) is 17.1 Å². The average Bonchev–Trinajstić information content (AvgIpc) is 3.29. The SMILES string of the molecule is Cc1oc(-c2ccccc2)nc1Cn1nc2cc(Sc3ccccc3)ncn2c1=O. The first kappa shape index (κ1) is 18.4. The first-order valence-corrected chi connectivity index (χ1v) is 10.2. The Labute approximate surface area is 176 Å². The minimum Gasteiger partial charge on any atom is -0.441 e. The maximum absolute atomic E-state index is 12.7. The van der Waals surface area contributed by atoms with Crippen LogP contribution in [-0.4, -0.2) is 24.1 Å². The number of benzene rings is 2. The smallest absolute Gasteiger partial charge is 0.351 e. The molecule has 0 spiro atoms. The molecule has 3 heterocycles. The molecule has 2 aromatic carbocycles. The van der Waals surface area contributed by atoms with Crippen molar-refractivity contribution in [1.29, 1.82) is 0 Å². The lowest BCUT2D eigenvalue weighted by Gasteiger charge is -1.99. The molecule has 0 saturated heterocycles. The highest BCUT2D eigenvalue weighted by atomic mass is 32.2. The number of nitrogens with zero attached hydrogens (tertiary/aromatic N) is 5. The molecule has 0 bridgehead atoms. The van der Waals surface area contributed by atoms with Gasteiger partial charge in [0, 0.05) is 16.5 Å². The summed E-state index contributed by atoms with van der Waals surface area (Å²) in [4.78, 5) is 22.8. The molecule has 3 aromatic heterocycles. The molecule has 0 aliphatic rings. The van der Waals surface area contributed by atoms with Crippen molar-refractivity contribution in [2.75, 3.05) is 0 Å². The Morgan fingerprint density at radius 3 is 2.53 bits per heavy atom. The largest absolute Gasteiger partial charge is 0.441 e. The van der Waals surface area contributed by atoms with Crippen LogP contribution in [0.2, 0.25) is 0 Å². The summed E-state index contributed by atoms with van der Waals surface area (Å²) in [5, 5.41) is 5.24. The zero-order valence-electron chi connectivity index (χ0n) is 16.1. The van der Waals surface area contributed by atoms with Gasteiger partial charge in [-0.3, -0.25) is 0 Å². The van der Waals surface area contributed by atoms with Crippen LogP contribution in [0.4, 0.5) is 0 Å². The van der Waals surface area contributed by atoms with Crippen LogP contribution in [0.3, 0.4) is 0 Å². The van der Waals surface area contributed by atoms with Crippen molar-refractivity contribution in [2.45, 2.75) is 23.4 Å². The van der Waals surface area contributed by atoms with Crippen molar-refractivity contribution in [2.24, 2.45) is 0 Å². The highest BCUT2D eigenvalue weighted by molar-refractivity contribution is 7.99. The number of hydrogen-bond acceptors (Lipinski definition) is 6. The molecule has 5 rings (SSSR count). The first-order valence-electron chi connectivity index (χ1n) is 9.37. The molecule has 0 amide bonds. The fourth-order valence-electron chi connectivity index (χ4n) is 3.10. The van der Waals surface area contributed by atoms with Gasteiger partial charge in [0.2, 0.25) is 5.89 Å². The zero-order valence-corrected chi connectivity index (χ0v) is 16.9. The van der Waals surface area contributed by atoms with Gasteiger partial charge in [-0.15, -0.1) is 5.10 Å². The first-order chi connectivity index (χ1) is 14.7. The number of rotatable bonds is 5. The number of aromatic nitrogens is 5. The fraction of sp³-hybridized carbons (Fsp3) is 0.0909. The Bertz CT molecular complexity index is 1370. The van der Waals surface area contributed by atoms with Gasteiger partial charge in [-0.05, 0) is 31.2 Å².